The maximum absolute atomic E-state index is 13.4. The van der Waals surface area contributed by atoms with Crippen molar-refractivity contribution in [2.75, 3.05) is 7.05 Å². The summed E-state index contributed by atoms with van der Waals surface area (Å²) in [6.45, 7) is 4.62. The Morgan fingerprint density at radius 2 is 1.95 bits per heavy atom. The predicted octanol–water partition coefficient (Wildman–Crippen LogP) is 4.00. The molecule has 20 heavy (non-hydrogen) atoms. The molecule has 106 valence electrons. The van der Waals surface area contributed by atoms with Crippen LogP contribution in [-0.2, 0) is 6.54 Å². The Bertz CT molecular complexity index is 581. The summed E-state index contributed by atoms with van der Waals surface area (Å²) in [6.07, 6.45) is 0.134. The van der Waals surface area contributed by atoms with Gasteiger partial charge in [-0.1, -0.05) is 18.2 Å². The molecule has 2 aromatic rings. The highest BCUT2D eigenvalue weighted by molar-refractivity contribution is 5.68. The lowest BCUT2D eigenvalue weighted by Crippen LogP contribution is -2.07. The summed E-state index contributed by atoms with van der Waals surface area (Å²) in [4.78, 5) is 0. The van der Waals surface area contributed by atoms with Gasteiger partial charge < -0.3 is 10.1 Å². The molecule has 0 radical (unpaired) electrons. The Kier molecular flexibility index (Phi) is 4.74. The molecule has 0 aliphatic carbocycles. The van der Waals surface area contributed by atoms with Crippen molar-refractivity contribution in [1.82, 2.24) is 5.32 Å². The van der Waals surface area contributed by atoms with Gasteiger partial charge in [0, 0.05) is 6.54 Å². The third-order valence-electron chi connectivity index (χ3n) is 2.95. The van der Waals surface area contributed by atoms with E-state index in [-0.39, 0.29) is 11.9 Å². The molecule has 0 atom stereocenters. The summed E-state index contributed by atoms with van der Waals surface area (Å²) in [5, 5.41) is 3.07. The number of nitrogens with one attached hydrogen (secondary N) is 1. The molecule has 0 saturated heterocycles. The summed E-state index contributed by atoms with van der Waals surface area (Å²) >= 11 is 0. The van der Waals surface area contributed by atoms with Crippen LogP contribution in [0, 0.1) is 5.82 Å². The smallest absolute Gasteiger partial charge is 0.123 e. The highest BCUT2D eigenvalue weighted by Crippen LogP contribution is 2.28. The minimum atomic E-state index is -0.214. The van der Waals surface area contributed by atoms with E-state index in [1.807, 2.05) is 51.2 Å². The van der Waals surface area contributed by atoms with Gasteiger partial charge in [-0.3, -0.25) is 0 Å². The fraction of sp³-hybridized carbons (Fsp3) is 0.294. The van der Waals surface area contributed by atoms with E-state index in [0.29, 0.717) is 6.54 Å². The molecule has 2 rings (SSSR count). The highest BCUT2D eigenvalue weighted by Gasteiger charge is 2.07. The molecule has 0 bridgehead atoms. The van der Waals surface area contributed by atoms with Crippen molar-refractivity contribution >= 4 is 0 Å². The van der Waals surface area contributed by atoms with Crippen LogP contribution in [0.4, 0.5) is 4.39 Å². The molecule has 0 aliphatic heterocycles. The van der Waals surface area contributed by atoms with Crippen LogP contribution in [0.1, 0.15) is 19.4 Å². The first-order chi connectivity index (χ1) is 9.60. The molecule has 0 aromatic heterocycles. The number of ether oxygens (including phenoxy) is 1. The van der Waals surface area contributed by atoms with E-state index in [9.17, 15) is 4.39 Å². The van der Waals surface area contributed by atoms with Gasteiger partial charge in [0.1, 0.15) is 11.6 Å². The monoisotopic (exact) mass is 273 g/mol. The van der Waals surface area contributed by atoms with Crippen LogP contribution in [0.5, 0.6) is 5.75 Å². The third-order valence-corrected chi connectivity index (χ3v) is 2.95. The molecule has 1 N–H and O–H groups in total. The molecule has 0 fully saturated rings. The quantitative estimate of drug-likeness (QED) is 0.889. The molecule has 0 saturated carbocycles. The first-order valence-corrected chi connectivity index (χ1v) is 6.80. The molecular formula is C17H20FNO. The normalized spacial score (nSPS) is 10.8. The van der Waals surface area contributed by atoms with Crippen LogP contribution in [0.3, 0.4) is 0 Å². The highest BCUT2D eigenvalue weighted by atomic mass is 19.1. The summed E-state index contributed by atoms with van der Waals surface area (Å²) in [7, 11) is 1.85. The topological polar surface area (TPSA) is 21.3 Å². The summed E-state index contributed by atoms with van der Waals surface area (Å²) in [5.74, 6) is 0.616. The van der Waals surface area contributed by atoms with Crippen molar-refractivity contribution < 1.29 is 9.13 Å². The van der Waals surface area contributed by atoms with Gasteiger partial charge >= 0.3 is 0 Å². The molecule has 3 heteroatoms. The average Bonchev–Trinajstić information content (AvgIpc) is 2.39. The van der Waals surface area contributed by atoms with Crippen LogP contribution >= 0.6 is 0 Å². The largest absolute Gasteiger partial charge is 0.491 e. The number of benzene rings is 2. The average molecular weight is 273 g/mol. The molecule has 0 heterocycles. The molecule has 2 aromatic carbocycles. The Hall–Kier alpha value is -1.87. The molecule has 0 unspecified atom stereocenters. The van der Waals surface area contributed by atoms with Crippen molar-refractivity contribution in [2.24, 2.45) is 0 Å². The van der Waals surface area contributed by atoms with E-state index in [4.69, 9.17) is 4.74 Å². The maximum Gasteiger partial charge on any atom is 0.123 e. The zero-order valence-electron chi connectivity index (χ0n) is 12.1. The lowest BCUT2D eigenvalue weighted by atomic mass is 9.99. The maximum atomic E-state index is 13.4. The number of rotatable bonds is 5. The van der Waals surface area contributed by atoms with Crippen LogP contribution in [-0.4, -0.2) is 13.2 Å². The second-order valence-corrected chi connectivity index (χ2v) is 5.03. The SMILES string of the molecule is CNCc1cc(F)ccc1-c1cccc(OC(C)C)c1. The zero-order valence-corrected chi connectivity index (χ0v) is 12.1. The lowest BCUT2D eigenvalue weighted by molar-refractivity contribution is 0.242. The number of halogens is 1. The van der Waals surface area contributed by atoms with E-state index in [1.165, 1.54) is 6.07 Å². The van der Waals surface area contributed by atoms with E-state index < -0.39 is 0 Å². The Labute approximate surface area is 119 Å². The van der Waals surface area contributed by atoms with Crippen LogP contribution in [0.25, 0.3) is 11.1 Å². The van der Waals surface area contributed by atoms with Gasteiger partial charge in [-0.05, 0) is 61.9 Å². The van der Waals surface area contributed by atoms with Crippen LogP contribution in [0.2, 0.25) is 0 Å². The van der Waals surface area contributed by atoms with Gasteiger partial charge in [-0.2, -0.15) is 0 Å². The molecular weight excluding hydrogens is 253 g/mol. The molecule has 0 amide bonds. The minimum Gasteiger partial charge on any atom is -0.491 e. The second kappa shape index (κ2) is 6.53. The fourth-order valence-electron chi connectivity index (χ4n) is 2.19. The molecule has 0 spiro atoms. The second-order valence-electron chi connectivity index (χ2n) is 5.03. The van der Waals surface area contributed by atoms with Crippen molar-refractivity contribution in [1.29, 1.82) is 0 Å². The van der Waals surface area contributed by atoms with E-state index in [1.54, 1.807) is 6.07 Å². The van der Waals surface area contributed by atoms with Crippen molar-refractivity contribution in [3.05, 3.63) is 53.8 Å². The van der Waals surface area contributed by atoms with Gasteiger partial charge in [0.25, 0.3) is 0 Å². The van der Waals surface area contributed by atoms with Crippen LogP contribution in [0.15, 0.2) is 42.5 Å². The van der Waals surface area contributed by atoms with Crippen molar-refractivity contribution in [3.63, 3.8) is 0 Å². The standard InChI is InChI=1S/C17H20FNO/c1-12(2)20-16-6-4-5-13(10-16)17-8-7-15(18)9-14(17)11-19-3/h4-10,12,19H,11H2,1-3H3. The van der Waals surface area contributed by atoms with Gasteiger partial charge in [0.05, 0.1) is 6.10 Å². The zero-order chi connectivity index (χ0) is 14.5. The Morgan fingerprint density at radius 1 is 1.15 bits per heavy atom. The van der Waals surface area contributed by atoms with Crippen LogP contribution < -0.4 is 10.1 Å². The lowest BCUT2D eigenvalue weighted by Gasteiger charge is -2.13. The van der Waals surface area contributed by atoms with Crippen molar-refractivity contribution in [3.8, 4) is 16.9 Å². The van der Waals surface area contributed by atoms with Crippen molar-refractivity contribution in [2.45, 2.75) is 26.5 Å². The first-order valence-electron chi connectivity index (χ1n) is 6.80. The number of hydrogen-bond donors (Lipinski definition) is 1. The fourth-order valence-corrected chi connectivity index (χ4v) is 2.19. The minimum absolute atomic E-state index is 0.134. The van der Waals surface area contributed by atoms with Gasteiger partial charge in [-0.25, -0.2) is 4.39 Å². The Morgan fingerprint density at radius 3 is 2.65 bits per heavy atom. The van der Waals surface area contributed by atoms with Gasteiger partial charge in [0.15, 0.2) is 0 Å². The van der Waals surface area contributed by atoms with E-state index >= 15 is 0 Å². The summed E-state index contributed by atoms with van der Waals surface area (Å²) in [5.41, 5.74) is 3.00. The van der Waals surface area contributed by atoms with E-state index in [0.717, 1.165) is 22.4 Å². The molecule has 0 aliphatic rings. The first kappa shape index (κ1) is 14.5. The van der Waals surface area contributed by atoms with E-state index in [2.05, 4.69) is 5.32 Å². The predicted molar refractivity (Wildman–Crippen MR) is 80.4 cm³/mol. The summed E-state index contributed by atoms with van der Waals surface area (Å²) in [6, 6.07) is 12.8. The number of hydrogen-bond acceptors (Lipinski definition) is 2. The third kappa shape index (κ3) is 3.58. The molecule has 2 nitrogen and oxygen atoms in total. The van der Waals surface area contributed by atoms with Gasteiger partial charge in [-0.15, -0.1) is 0 Å². The summed E-state index contributed by atoms with van der Waals surface area (Å²) < 4.78 is 19.1. The Balaban J connectivity index is 2.40. The van der Waals surface area contributed by atoms with Gasteiger partial charge in [0.2, 0.25) is 0 Å².